The maximum atomic E-state index is 12.1. The molecule has 2 bridgehead atoms. The zero-order chi connectivity index (χ0) is 18.3. The van der Waals surface area contributed by atoms with Crippen molar-refractivity contribution in [1.82, 2.24) is 4.90 Å². The topological polar surface area (TPSA) is 65.1 Å². The number of ether oxygens (including phenoxy) is 3. The molecule has 2 aliphatic heterocycles. The fraction of sp³-hybridized carbons (Fsp3) is 0.300. The second-order valence-electron chi connectivity index (χ2n) is 6.48. The van der Waals surface area contributed by atoms with Gasteiger partial charge in [-0.05, 0) is 47.4 Å². The predicted molar refractivity (Wildman–Crippen MR) is 94.1 cm³/mol. The van der Waals surface area contributed by atoms with E-state index in [1.54, 1.807) is 6.92 Å². The molecule has 2 aromatic carbocycles. The lowest BCUT2D eigenvalue weighted by Crippen LogP contribution is -2.30. The van der Waals surface area contributed by atoms with E-state index in [0.29, 0.717) is 30.3 Å². The van der Waals surface area contributed by atoms with Crippen molar-refractivity contribution in [2.75, 3.05) is 13.3 Å². The van der Waals surface area contributed by atoms with E-state index in [1.807, 2.05) is 35.2 Å². The molecule has 2 aliphatic rings. The van der Waals surface area contributed by atoms with Crippen LogP contribution >= 0.6 is 0 Å². The summed E-state index contributed by atoms with van der Waals surface area (Å²) in [6.45, 7) is 4.21. The van der Waals surface area contributed by atoms with E-state index in [1.165, 1.54) is 6.92 Å². The Bertz CT molecular complexity index is 905. The Labute approximate surface area is 151 Å². The third-order valence-corrected chi connectivity index (χ3v) is 4.66. The average Bonchev–Trinajstić information content (AvgIpc) is 3.06. The van der Waals surface area contributed by atoms with Crippen LogP contribution in [0.5, 0.6) is 17.2 Å². The number of nitrogens with zero attached hydrogens (tertiary/aromatic N) is 1. The maximum absolute atomic E-state index is 12.1. The van der Waals surface area contributed by atoms with Gasteiger partial charge in [-0.25, -0.2) is 0 Å². The molecule has 0 aromatic heterocycles. The van der Waals surface area contributed by atoms with E-state index in [2.05, 4.69) is 0 Å². The molecule has 0 atom stereocenters. The third kappa shape index (κ3) is 2.98. The molecule has 0 N–H and O–H groups in total. The summed E-state index contributed by atoms with van der Waals surface area (Å²) in [7, 11) is 0. The van der Waals surface area contributed by atoms with Gasteiger partial charge in [0.1, 0.15) is 5.75 Å². The lowest BCUT2D eigenvalue weighted by atomic mass is 9.96. The van der Waals surface area contributed by atoms with Crippen molar-refractivity contribution in [3.8, 4) is 28.4 Å². The van der Waals surface area contributed by atoms with Gasteiger partial charge < -0.3 is 19.1 Å². The first-order valence-electron chi connectivity index (χ1n) is 8.51. The molecule has 0 unspecified atom stereocenters. The summed E-state index contributed by atoms with van der Waals surface area (Å²) in [4.78, 5) is 25.4. The van der Waals surface area contributed by atoms with Crippen molar-refractivity contribution in [3.63, 3.8) is 0 Å². The van der Waals surface area contributed by atoms with Gasteiger partial charge in [-0.15, -0.1) is 0 Å². The van der Waals surface area contributed by atoms with Crippen molar-refractivity contribution in [2.45, 2.75) is 26.8 Å². The molecule has 0 saturated carbocycles. The molecule has 2 heterocycles. The van der Waals surface area contributed by atoms with Gasteiger partial charge in [0.15, 0.2) is 11.5 Å². The van der Waals surface area contributed by atoms with E-state index in [0.717, 1.165) is 28.7 Å². The summed E-state index contributed by atoms with van der Waals surface area (Å²) in [5, 5.41) is 0. The molecule has 2 aromatic rings. The Kier molecular flexibility index (Phi) is 4.03. The monoisotopic (exact) mass is 353 g/mol. The molecule has 134 valence electrons. The molecule has 0 radical (unpaired) electrons. The van der Waals surface area contributed by atoms with E-state index in [4.69, 9.17) is 14.2 Å². The van der Waals surface area contributed by atoms with Crippen LogP contribution in [0.1, 0.15) is 25.0 Å². The Morgan fingerprint density at radius 2 is 1.81 bits per heavy atom. The van der Waals surface area contributed by atoms with Crippen LogP contribution in [0.15, 0.2) is 30.3 Å². The lowest BCUT2D eigenvalue weighted by molar-refractivity contribution is -0.132. The van der Waals surface area contributed by atoms with Crippen LogP contribution < -0.4 is 14.2 Å². The number of hydrogen-bond donors (Lipinski definition) is 0. The highest BCUT2D eigenvalue weighted by molar-refractivity contribution is 5.81. The first kappa shape index (κ1) is 16.4. The normalized spacial score (nSPS) is 14.8. The molecule has 0 saturated heterocycles. The van der Waals surface area contributed by atoms with Gasteiger partial charge >= 0.3 is 5.97 Å². The van der Waals surface area contributed by atoms with E-state index >= 15 is 0 Å². The number of carbonyl (C=O) groups is 2. The minimum absolute atomic E-state index is 0.0174. The fourth-order valence-electron chi connectivity index (χ4n) is 3.37. The van der Waals surface area contributed by atoms with Crippen LogP contribution in [0.4, 0.5) is 0 Å². The highest BCUT2D eigenvalue weighted by atomic mass is 16.7. The highest BCUT2D eigenvalue weighted by Crippen LogP contribution is 2.42. The van der Waals surface area contributed by atoms with E-state index < -0.39 is 0 Å². The Balaban J connectivity index is 1.92. The highest BCUT2D eigenvalue weighted by Gasteiger charge is 2.24. The quantitative estimate of drug-likeness (QED) is 0.583. The van der Waals surface area contributed by atoms with Crippen molar-refractivity contribution in [1.29, 1.82) is 0 Å². The summed E-state index contributed by atoms with van der Waals surface area (Å²) >= 11 is 0. The first-order chi connectivity index (χ1) is 12.5. The van der Waals surface area contributed by atoms with Crippen LogP contribution in [-0.2, 0) is 22.6 Å². The van der Waals surface area contributed by atoms with Crippen LogP contribution in [0.3, 0.4) is 0 Å². The van der Waals surface area contributed by atoms with Gasteiger partial charge in [-0.3, -0.25) is 9.59 Å². The van der Waals surface area contributed by atoms with Crippen LogP contribution in [0.25, 0.3) is 11.1 Å². The fourth-order valence-corrected chi connectivity index (χ4v) is 3.37. The zero-order valence-corrected chi connectivity index (χ0v) is 14.7. The second kappa shape index (κ2) is 6.37. The summed E-state index contributed by atoms with van der Waals surface area (Å²) in [5.74, 6) is 1.45. The SMILES string of the molecule is CC(=O)Oc1ccc2cc1-c1cc3c(cc1CN(C(C)=O)CC2)OCO3. The molecule has 6 nitrogen and oxygen atoms in total. The van der Waals surface area contributed by atoms with Crippen molar-refractivity contribution in [3.05, 3.63) is 41.5 Å². The number of fused-ring (bicyclic) bond motifs is 5. The van der Waals surface area contributed by atoms with Gasteiger partial charge in [0, 0.05) is 32.5 Å². The summed E-state index contributed by atoms with van der Waals surface area (Å²) < 4.78 is 16.4. The molecular formula is C20H19NO5. The van der Waals surface area contributed by atoms with E-state index in [-0.39, 0.29) is 18.7 Å². The molecule has 1 amide bonds. The molecule has 0 fully saturated rings. The minimum Gasteiger partial charge on any atom is -0.454 e. The summed E-state index contributed by atoms with van der Waals surface area (Å²) in [5.41, 5.74) is 3.70. The number of benzene rings is 2. The second-order valence-corrected chi connectivity index (χ2v) is 6.48. The zero-order valence-electron chi connectivity index (χ0n) is 14.7. The third-order valence-electron chi connectivity index (χ3n) is 4.66. The van der Waals surface area contributed by atoms with Gasteiger partial charge in [-0.1, -0.05) is 6.07 Å². The first-order valence-corrected chi connectivity index (χ1v) is 8.51. The number of esters is 1. The van der Waals surface area contributed by atoms with Gasteiger partial charge in [0.05, 0.1) is 0 Å². The van der Waals surface area contributed by atoms with Crippen LogP contribution in [0.2, 0.25) is 0 Å². The Hall–Kier alpha value is -3.02. The summed E-state index contributed by atoms with van der Waals surface area (Å²) in [6.07, 6.45) is 0.730. The van der Waals surface area contributed by atoms with E-state index in [9.17, 15) is 9.59 Å². The lowest BCUT2D eigenvalue weighted by Gasteiger charge is -2.22. The maximum Gasteiger partial charge on any atom is 0.308 e. The number of rotatable bonds is 1. The van der Waals surface area contributed by atoms with Gasteiger partial charge in [0.25, 0.3) is 0 Å². The number of hydrogen-bond acceptors (Lipinski definition) is 5. The molecule has 4 rings (SSSR count). The van der Waals surface area contributed by atoms with Crippen LogP contribution in [-0.4, -0.2) is 30.1 Å². The minimum atomic E-state index is -0.374. The molecule has 0 spiro atoms. The molecule has 6 heteroatoms. The van der Waals surface area contributed by atoms with Gasteiger partial charge in [-0.2, -0.15) is 0 Å². The van der Waals surface area contributed by atoms with Crippen LogP contribution in [0, 0.1) is 0 Å². The Morgan fingerprint density at radius 1 is 1.04 bits per heavy atom. The van der Waals surface area contributed by atoms with Crippen molar-refractivity contribution >= 4 is 11.9 Å². The molecule has 26 heavy (non-hydrogen) atoms. The number of carbonyl (C=O) groups excluding carboxylic acids is 2. The Morgan fingerprint density at radius 3 is 2.54 bits per heavy atom. The standard InChI is InChI=1S/C20H19NO5/c1-12(22)21-6-5-14-3-4-18(26-13(2)23)17(7-14)16-9-20-19(24-11-25-20)8-15(16)10-21/h3-4,7-9H,5-6,10-11H2,1-2H3. The molecule has 0 aliphatic carbocycles. The number of amides is 1. The van der Waals surface area contributed by atoms with Crippen molar-refractivity contribution in [2.24, 2.45) is 0 Å². The molecular weight excluding hydrogens is 334 g/mol. The van der Waals surface area contributed by atoms with Crippen molar-refractivity contribution < 1.29 is 23.8 Å². The van der Waals surface area contributed by atoms with Gasteiger partial charge in [0.2, 0.25) is 12.7 Å². The summed E-state index contributed by atoms with van der Waals surface area (Å²) in [6, 6.07) is 9.56. The largest absolute Gasteiger partial charge is 0.454 e. The average molecular weight is 353 g/mol. The smallest absolute Gasteiger partial charge is 0.308 e. The predicted octanol–water partition coefficient (Wildman–Crippen LogP) is 2.91.